The van der Waals surface area contributed by atoms with Crippen molar-refractivity contribution in [1.82, 2.24) is 19.8 Å². The smallest absolute Gasteiger partial charge is 0.410 e. The summed E-state index contributed by atoms with van der Waals surface area (Å²) in [6.07, 6.45) is 5.26. The van der Waals surface area contributed by atoms with E-state index >= 15 is 0 Å². The standard InChI is InChI=1S/C40H41N5O4/c1-43(26-32-17-11-23-45(32)40(47)49-28-30-14-6-3-7-15-30)39(46)37-36(44-21-8-9-22-44)25-41-35-20-19-34(42-38(35)37)31-16-10-18-33(24-31)48-27-29-12-4-2-5-13-29/h2-7,10,12-16,18-20,24-25,32H,8-9,11,17,21-23,26-28H2,1H3/t32-/m0/s1. The van der Waals surface area contributed by atoms with Crippen LogP contribution in [0.3, 0.4) is 0 Å². The Bertz CT molecular complexity index is 1910. The van der Waals surface area contributed by atoms with Crippen LogP contribution < -0.4 is 9.64 Å². The minimum atomic E-state index is -0.347. The summed E-state index contributed by atoms with van der Waals surface area (Å²) in [7, 11) is 1.81. The third-order valence-electron chi connectivity index (χ3n) is 9.38. The fourth-order valence-electron chi connectivity index (χ4n) is 6.77. The van der Waals surface area contributed by atoms with Crippen LogP contribution in [0.2, 0.25) is 0 Å². The Morgan fingerprint density at radius 2 is 1.57 bits per heavy atom. The van der Waals surface area contributed by atoms with Crippen molar-refractivity contribution in [2.75, 3.05) is 38.1 Å². The van der Waals surface area contributed by atoms with Gasteiger partial charge in [-0.3, -0.25) is 9.78 Å². The summed E-state index contributed by atoms with van der Waals surface area (Å²) in [5.41, 5.74) is 6.23. The molecule has 2 aliphatic rings. The molecule has 0 spiro atoms. The molecule has 4 heterocycles. The van der Waals surface area contributed by atoms with Crippen LogP contribution in [0.15, 0.2) is 103 Å². The molecule has 5 aromatic rings. The summed E-state index contributed by atoms with van der Waals surface area (Å²) < 4.78 is 11.8. The summed E-state index contributed by atoms with van der Waals surface area (Å²) in [6.45, 7) is 3.41. The number of carbonyl (C=O) groups excluding carboxylic acids is 2. The van der Waals surface area contributed by atoms with Crippen molar-refractivity contribution >= 4 is 28.7 Å². The average molecular weight is 656 g/mol. The van der Waals surface area contributed by atoms with E-state index < -0.39 is 0 Å². The molecule has 2 aliphatic heterocycles. The Balaban J connectivity index is 1.14. The van der Waals surface area contributed by atoms with Gasteiger partial charge < -0.3 is 24.2 Å². The van der Waals surface area contributed by atoms with Crippen molar-refractivity contribution in [3.05, 3.63) is 120 Å². The number of likely N-dealkylation sites (N-methyl/N-ethyl adjacent to an activating group) is 1. The number of likely N-dealkylation sites (tertiary alicyclic amines) is 1. The van der Waals surface area contributed by atoms with E-state index in [0.29, 0.717) is 36.3 Å². The summed E-state index contributed by atoms with van der Waals surface area (Å²) in [4.78, 5) is 43.2. The summed E-state index contributed by atoms with van der Waals surface area (Å²) in [5, 5.41) is 0. The number of rotatable bonds is 10. The number of pyridine rings is 2. The summed E-state index contributed by atoms with van der Waals surface area (Å²) >= 11 is 0. The van der Waals surface area contributed by atoms with Crippen molar-refractivity contribution in [2.45, 2.75) is 44.9 Å². The average Bonchev–Trinajstić information content (AvgIpc) is 3.86. The zero-order valence-corrected chi connectivity index (χ0v) is 27.8. The Morgan fingerprint density at radius 1 is 0.837 bits per heavy atom. The van der Waals surface area contributed by atoms with Gasteiger partial charge in [0, 0.05) is 38.8 Å². The lowest BCUT2D eigenvalue weighted by Crippen LogP contribution is -2.44. The highest BCUT2D eigenvalue weighted by atomic mass is 16.6. The molecular formula is C40H41N5O4. The van der Waals surface area contributed by atoms with Gasteiger partial charge in [0.25, 0.3) is 5.91 Å². The van der Waals surface area contributed by atoms with Crippen LogP contribution in [0.4, 0.5) is 10.5 Å². The lowest BCUT2D eigenvalue weighted by Gasteiger charge is -2.29. The maximum atomic E-state index is 14.5. The first-order valence-electron chi connectivity index (χ1n) is 17.1. The summed E-state index contributed by atoms with van der Waals surface area (Å²) in [6, 6.07) is 31.4. The SMILES string of the molecule is CN(C[C@@H]1CCCN1C(=O)OCc1ccccc1)C(=O)c1c(N2CCCC2)cnc2ccc(-c3cccc(OCc4ccccc4)c3)nc12. The molecule has 2 aromatic heterocycles. The molecule has 9 heteroatoms. The summed E-state index contributed by atoms with van der Waals surface area (Å²) in [5.74, 6) is 0.607. The fraction of sp³-hybridized carbons (Fsp3) is 0.300. The van der Waals surface area contributed by atoms with Gasteiger partial charge in [-0.15, -0.1) is 0 Å². The highest BCUT2D eigenvalue weighted by Gasteiger charge is 2.33. The second-order valence-electron chi connectivity index (χ2n) is 12.8. The minimum Gasteiger partial charge on any atom is -0.489 e. The number of benzene rings is 3. The van der Waals surface area contributed by atoms with Gasteiger partial charge in [-0.05, 0) is 61.1 Å². The number of fused-ring (bicyclic) bond motifs is 1. The first-order valence-corrected chi connectivity index (χ1v) is 17.1. The number of hydrogen-bond acceptors (Lipinski definition) is 7. The van der Waals surface area contributed by atoms with Crippen LogP contribution >= 0.6 is 0 Å². The second kappa shape index (κ2) is 14.8. The molecule has 1 atom stereocenters. The largest absolute Gasteiger partial charge is 0.489 e. The zero-order valence-electron chi connectivity index (χ0n) is 27.8. The van der Waals surface area contributed by atoms with Crippen LogP contribution in [-0.2, 0) is 18.0 Å². The molecule has 0 N–H and O–H groups in total. The first kappa shape index (κ1) is 32.1. The van der Waals surface area contributed by atoms with Crippen molar-refractivity contribution in [1.29, 1.82) is 0 Å². The van der Waals surface area contributed by atoms with Crippen molar-refractivity contribution in [2.24, 2.45) is 0 Å². The first-order chi connectivity index (χ1) is 24.0. The molecule has 3 aromatic carbocycles. The highest BCUT2D eigenvalue weighted by molar-refractivity contribution is 6.09. The van der Waals surface area contributed by atoms with E-state index in [9.17, 15) is 9.59 Å². The van der Waals surface area contributed by atoms with Gasteiger partial charge in [-0.2, -0.15) is 0 Å². The maximum absolute atomic E-state index is 14.5. The topological polar surface area (TPSA) is 88.1 Å². The van der Waals surface area contributed by atoms with Crippen LogP contribution in [0, 0.1) is 0 Å². The van der Waals surface area contributed by atoms with Crippen molar-refractivity contribution < 1.29 is 19.1 Å². The number of anilines is 1. The number of aromatic nitrogens is 2. The number of nitrogens with zero attached hydrogens (tertiary/aromatic N) is 5. The number of ether oxygens (including phenoxy) is 2. The van der Waals surface area contributed by atoms with Gasteiger partial charge in [-0.1, -0.05) is 72.8 Å². The van der Waals surface area contributed by atoms with Gasteiger partial charge >= 0.3 is 6.09 Å². The molecule has 7 rings (SSSR count). The lowest BCUT2D eigenvalue weighted by atomic mass is 10.1. The van der Waals surface area contributed by atoms with E-state index in [2.05, 4.69) is 4.90 Å². The molecule has 0 radical (unpaired) electrons. The Kier molecular flexibility index (Phi) is 9.68. The monoisotopic (exact) mass is 655 g/mol. The predicted octanol–water partition coefficient (Wildman–Crippen LogP) is 7.35. The van der Waals surface area contributed by atoms with Gasteiger partial charge in [0.15, 0.2) is 0 Å². The third kappa shape index (κ3) is 7.36. The van der Waals surface area contributed by atoms with E-state index in [0.717, 1.165) is 72.6 Å². The van der Waals surface area contributed by atoms with Gasteiger partial charge in [0.2, 0.25) is 0 Å². The van der Waals surface area contributed by atoms with Crippen LogP contribution in [0.1, 0.15) is 47.2 Å². The molecular weight excluding hydrogens is 614 g/mol. The number of carbonyl (C=O) groups is 2. The zero-order chi connectivity index (χ0) is 33.6. The molecule has 250 valence electrons. The fourth-order valence-corrected chi connectivity index (χ4v) is 6.77. The molecule has 2 fully saturated rings. The minimum absolute atomic E-state index is 0.136. The highest BCUT2D eigenvalue weighted by Crippen LogP contribution is 2.33. The molecule has 0 bridgehead atoms. The van der Waals surface area contributed by atoms with Gasteiger partial charge in [0.05, 0.1) is 34.7 Å². The van der Waals surface area contributed by atoms with E-state index in [1.807, 2.05) is 110 Å². The van der Waals surface area contributed by atoms with E-state index in [1.54, 1.807) is 9.80 Å². The molecule has 0 unspecified atom stereocenters. The second-order valence-corrected chi connectivity index (χ2v) is 12.8. The van der Waals surface area contributed by atoms with E-state index in [-0.39, 0.29) is 24.6 Å². The normalized spacial score (nSPS) is 15.8. The Labute approximate surface area is 287 Å². The van der Waals surface area contributed by atoms with Gasteiger partial charge in [-0.25, -0.2) is 9.78 Å². The Morgan fingerprint density at radius 3 is 2.33 bits per heavy atom. The quantitative estimate of drug-likeness (QED) is 0.156. The third-order valence-corrected chi connectivity index (χ3v) is 9.38. The molecule has 0 aliphatic carbocycles. The molecule has 0 saturated carbocycles. The van der Waals surface area contributed by atoms with Crippen molar-refractivity contribution in [3.63, 3.8) is 0 Å². The van der Waals surface area contributed by atoms with Crippen molar-refractivity contribution in [3.8, 4) is 17.0 Å². The van der Waals surface area contributed by atoms with Gasteiger partial charge in [0.1, 0.15) is 24.5 Å². The molecule has 2 saturated heterocycles. The van der Waals surface area contributed by atoms with E-state index in [1.165, 1.54) is 0 Å². The van der Waals surface area contributed by atoms with Crippen LogP contribution in [0.25, 0.3) is 22.3 Å². The van der Waals surface area contributed by atoms with E-state index in [4.69, 9.17) is 19.4 Å². The molecule has 49 heavy (non-hydrogen) atoms. The Hall–Kier alpha value is -5.44. The maximum Gasteiger partial charge on any atom is 0.410 e. The molecule has 2 amide bonds. The van der Waals surface area contributed by atoms with Crippen LogP contribution in [0.5, 0.6) is 5.75 Å². The van der Waals surface area contributed by atoms with Crippen LogP contribution in [-0.4, -0.2) is 71.0 Å². The predicted molar refractivity (Wildman–Crippen MR) is 191 cm³/mol. The molecule has 9 nitrogen and oxygen atoms in total. The number of amides is 2. The lowest BCUT2D eigenvalue weighted by molar-refractivity contribution is 0.0692. The number of hydrogen-bond donors (Lipinski definition) is 0.